The minimum absolute atomic E-state index is 0. The minimum Gasteiger partial charge on any atom is -0.484 e. The molecule has 1 amide bonds. The van der Waals surface area contributed by atoms with Crippen LogP contribution in [0.5, 0.6) is 5.75 Å². The first-order chi connectivity index (χ1) is 10.2. The molecule has 0 bridgehead atoms. The van der Waals surface area contributed by atoms with Crippen molar-refractivity contribution in [3.63, 3.8) is 0 Å². The molecule has 0 aliphatic heterocycles. The second-order valence-electron chi connectivity index (χ2n) is 5.65. The number of ether oxygens (including phenoxy) is 1. The number of carbonyl (C=O) groups is 1. The van der Waals surface area contributed by atoms with Gasteiger partial charge in [0, 0.05) is 11.3 Å². The highest BCUT2D eigenvalue weighted by molar-refractivity contribution is 5.98. The Bertz CT molecular complexity index is 558. The molecule has 4 nitrogen and oxygen atoms in total. The lowest BCUT2D eigenvalue weighted by Gasteiger charge is -2.23. The molecular weight excluding hydrogens is 333 g/mol. The van der Waals surface area contributed by atoms with Gasteiger partial charge in [-0.15, -0.1) is 12.4 Å². The average molecular weight is 353 g/mol. The van der Waals surface area contributed by atoms with Crippen LogP contribution in [0.3, 0.4) is 0 Å². The SMILES string of the molecule is Cc1c(NC(=O)C2(N)CCCC2)cccc1OCC(F)(F)F.Cl. The van der Waals surface area contributed by atoms with Gasteiger partial charge in [0.2, 0.25) is 5.91 Å². The van der Waals surface area contributed by atoms with Gasteiger partial charge in [0.15, 0.2) is 6.61 Å². The lowest BCUT2D eigenvalue weighted by Crippen LogP contribution is -2.48. The molecule has 1 aromatic carbocycles. The number of nitrogens with two attached hydrogens (primary N) is 1. The Morgan fingerprint density at radius 3 is 2.52 bits per heavy atom. The van der Waals surface area contributed by atoms with E-state index in [1.165, 1.54) is 12.1 Å². The van der Waals surface area contributed by atoms with Gasteiger partial charge < -0.3 is 15.8 Å². The Morgan fingerprint density at radius 1 is 1.35 bits per heavy atom. The van der Waals surface area contributed by atoms with Crippen molar-refractivity contribution >= 4 is 24.0 Å². The van der Waals surface area contributed by atoms with Crippen molar-refractivity contribution in [3.05, 3.63) is 23.8 Å². The lowest BCUT2D eigenvalue weighted by atomic mass is 9.98. The van der Waals surface area contributed by atoms with E-state index in [0.717, 1.165) is 12.8 Å². The summed E-state index contributed by atoms with van der Waals surface area (Å²) in [5.74, 6) is -0.214. The minimum atomic E-state index is -4.41. The standard InChI is InChI=1S/C15H19F3N2O2.ClH/c1-10-11(20-13(21)14(19)7-2-3-8-14)5-4-6-12(10)22-9-15(16,17)18;/h4-6H,2-3,7-9,19H2,1H3,(H,20,21);1H. The van der Waals surface area contributed by atoms with Crippen LogP contribution in [0.15, 0.2) is 18.2 Å². The topological polar surface area (TPSA) is 64.4 Å². The van der Waals surface area contributed by atoms with Crippen LogP contribution in [0, 0.1) is 6.92 Å². The first-order valence-corrected chi connectivity index (χ1v) is 7.11. The molecule has 1 aromatic rings. The zero-order valence-corrected chi connectivity index (χ0v) is 13.5. The summed E-state index contributed by atoms with van der Waals surface area (Å²) in [4.78, 5) is 12.3. The van der Waals surface area contributed by atoms with Gasteiger partial charge in [-0.05, 0) is 31.9 Å². The molecule has 1 saturated carbocycles. The Morgan fingerprint density at radius 2 is 1.96 bits per heavy atom. The van der Waals surface area contributed by atoms with E-state index in [1.807, 2.05) is 0 Å². The highest BCUT2D eigenvalue weighted by Crippen LogP contribution is 2.31. The number of anilines is 1. The molecule has 23 heavy (non-hydrogen) atoms. The second-order valence-corrected chi connectivity index (χ2v) is 5.65. The molecular formula is C15H20ClF3N2O2. The predicted molar refractivity (Wildman–Crippen MR) is 84.0 cm³/mol. The smallest absolute Gasteiger partial charge is 0.422 e. The van der Waals surface area contributed by atoms with Crippen LogP contribution in [0.4, 0.5) is 18.9 Å². The van der Waals surface area contributed by atoms with E-state index in [-0.39, 0.29) is 24.1 Å². The van der Waals surface area contributed by atoms with E-state index in [1.54, 1.807) is 13.0 Å². The van der Waals surface area contributed by atoms with Crippen molar-refractivity contribution in [2.24, 2.45) is 5.73 Å². The summed E-state index contributed by atoms with van der Waals surface area (Å²) < 4.78 is 41.4. The average Bonchev–Trinajstić information content (AvgIpc) is 2.87. The van der Waals surface area contributed by atoms with E-state index >= 15 is 0 Å². The van der Waals surface area contributed by atoms with Crippen molar-refractivity contribution in [3.8, 4) is 5.75 Å². The normalized spacial score (nSPS) is 16.6. The van der Waals surface area contributed by atoms with Crippen LogP contribution in [0.1, 0.15) is 31.2 Å². The zero-order valence-electron chi connectivity index (χ0n) is 12.7. The molecule has 3 N–H and O–H groups in total. The molecule has 0 aromatic heterocycles. The van der Waals surface area contributed by atoms with Gasteiger partial charge in [0.1, 0.15) is 5.75 Å². The van der Waals surface area contributed by atoms with Crippen LogP contribution in [-0.2, 0) is 4.79 Å². The number of hydrogen-bond donors (Lipinski definition) is 2. The fourth-order valence-corrected chi connectivity index (χ4v) is 2.55. The summed E-state index contributed by atoms with van der Waals surface area (Å²) >= 11 is 0. The molecule has 0 spiro atoms. The summed E-state index contributed by atoms with van der Waals surface area (Å²) in [5, 5.41) is 2.71. The summed E-state index contributed by atoms with van der Waals surface area (Å²) in [6, 6.07) is 4.59. The van der Waals surface area contributed by atoms with E-state index in [4.69, 9.17) is 10.5 Å². The van der Waals surface area contributed by atoms with Gasteiger partial charge in [0.25, 0.3) is 0 Å². The van der Waals surface area contributed by atoms with Gasteiger partial charge in [-0.25, -0.2) is 0 Å². The van der Waals surface area contributed by atoms with Gasteiger partial charge in [-0.3, -0.25) is 4.79 Å². The van der Waals surface area contributed by atoms with E-state index in [2.05, 4.69) is 5.32 Å². The predicted octanol–water partition coefficient (Wildman–Crippen LogP) is 3.57. The first kappa shape index (κ1) is 19.6. The molecule has 0 radical (unpaired) electrons. The monoisotopic (exact) mass is 352 g/mol. The zero-order chi connectivity index (χ0) is 16.4. The third-order valence-corrected chi connectivity index (χ3v) is 3.87. The largest absolute Gasteiger partial charge is 0.484 e. The van der Waals surface area contributed by atoms with Crippen LogP contribution in [0.2, 0.25) is 0 Å². The Kier molecular flexibility index (Phi) is 6.30. The summed E-state index contributed by atoms with van der Waals surface area (Å²) in [7, 11) is 0. The summed E-state index contributed by atoms with van der Waals surface area (Å²) in [6.07, 6.45) is -1.38. The molecule has 1 aliphatic rings. The third kappa shape index (κ3) is 5.00. The number of nitrogens with one attached hydrogen (secondary N) is 1. The maximum atomic E-state index is 12.3. The van der Waals surface area contributed by atoms with Gasteiger partial charge >= 0.3 is 6.18 Å². The third-order valence-electron chi connectivity index (χ3n) is 3.87. The Labute approximate surface area is 139 Å². The number of hydrogen-bond acceptors (Lipinski definition) is 3. The lowest BCUT2D eigenvalue weighted by molar-refractivity contribution is -0.153. The van der Waals surface area contributed by atoms with Gasteiger partial charge in [-0.1, -0.05) is 18.9 Å². The Balaban J connectivity index is 0.00000264. The second kappa shape index (κ2) is 7.40. The molecule has 0 unspecified atom stereocenters. The van der Waals surface area contributed by atoms with Crippen LogP contribution >= 0.6 is 12.4 Å². The molecule has 130 valence electrons. The van der Waals surface area contributed by atoms with E-state index in [0.29, 0.717) is 24.1 Å². The van der Waals surface area contributed by atoms with E-state index < -0.39 is 18.3 Å². The van der Waals surface area contributed by atoms with Crippen molar-refractivity contribution in [2.75, 3.05) is 11.9 Å². The van der Waals surface area contributed by atoms with E-state index in [9.17, 15) is 18.0 Å². The number of alkyl halides is 3. The van der Waals surface area contributed by atoms with Crippen molar-refractivity contribution in [1.82, 2.24) is 0 Å². The molecule has 1 fully saturated rings. The number of benzene rings is 1. The fraction of sp³-hybridized carbons (Fsp3) is 0.533. The van der Waals surface area contributed by atoms with Crippen molar-refractivity contribution in [2.45, 2.75) is 44.3 Å². The maximum Gasteiger partial charge on any atom is 0.422 e. The van der Waals surface area contributed by atoms with Crippen LogP contribution < -0.4 is 15.8 Å². The number of rotatable bonds is 4. The Hall–Kier alpha value is -1.47. The molecule has 8 heteroatoms. The first-order valence-electron chi connectivity index (χ1n) is 7.11. The number of amides is 1. The van der Waals surface area contributed by atoms with Crippen molar-refractivity contribution < 1.29 is 22.7 Å². The summed E-state index contributed by atoms with van der Waals surface area (Å²) in [5.41, 5.74) is 6.03. The molecule has 1 aliphatic carbocycles. The molecule has 0 heterocycles. The molecule has 0 saturated heterocycles. The highest BCUT2D eigenvalue weighted by Gasteiger charge is 2.37. The number of carbonyl (C=O) groups excluding carboxylic acids is 1. The summed E-state index contributed by atoms with van der Waals surface area (Å²) in [6.45, 7) is 0.227. The maximum absolute atomic E-state index is 12.3. The quantitative estimate of drug-likeness (QED) is 0.870. The van der Waals surface area contributed by atoms with Crippen molar-refractivity contribution in [1.29, 1.82) is 0 Å². The molecule has 0 atom stereocenters. The highest BCUT2D eigenvalue weighted by atomic mass is 35.5. The molecule has 2 rings (SSSR count). The van der Waals surface area contributed by atoms with Crippen LogP contribution in [-0.4, -0.2) is 24.2 Å². The van der Waals surface area contributed by atoms with Gasteiger partial charge in [-0.2, -0.15) is 13.2 Å². The van der Waals surface area contributed by atoms with Crippen LogP contribution in [0.25, 0.3) is 0 Å². The van der Waals surface area contributed by atoms with Gasteiger partial charge in [0.05, 0.1) is 5.54 Å². The fourth-order valence-electron chi connectivity index (χ4n) is 2.55. The number of halogens is 4.